The molecule has 0 aromatic rings. The Morgan fingerprint density at radius 3 is 0.935 bits per heavy atom. The van der Waals surface area contributed by atoms with E-state index in [1.807, 2.05) is 6.08 Å². The molecule has 0 radical (unpaired) electrons. The van der Waals surface area contributed by atoms with Gasteiger partial charge in [0.05, 0.1) is 25.4 Å². The number of unbranched alkanes of at least 4 members (excludes halogenated alkanes) is 53. The number of ether oxygens (including phenoxy) is 1. The Hall–Kier alpha value is -1.66. The van der Waals surface area contributed by atoms with Gasteiger partial charge in [-0.25, -0.2) is 0 Å². The molecule has 0 aliphatic carbocycles. The van der Waals surface area contributed by atoms with Gasteiger partial charge in [-0.1, -0.05) is 346 Å². The van der Waals surface area contributed by atoms with E-state index in [0.29, 0.717) is 19.4 Å². The second-order valence-corrected chi connectivity index (χ2v) is 24.2. The molecule has 2 unspecified atom stereocenters. The maximum Gasteiger partial charge on any atom is 0.305 e. The fourth-order valence-electron chi connectivity index (χ4n) is 11.1. The Bertz CT molecular complexity index is 1200. The number of hydrogen-bond acceptors (Lipinski definition) is 5. The highest BCUT2D eigenvalue weighted by molar-refractivity contribution is 5.76. The van der Waals surface area contributed by atoms with E-state index in [1.54, 1.807) is 6.08 Å². The topological polar surface area (TPSA) is 95.9 Å². The van der Waals surface area contributed by atoms with Gasteiger partial charge in [0.15, 0.2) is 0 Å². The van der Waals surface area contributed by atoms with Crippen molar-refractivity contribution < 1.29 is 24.5 Å². The average molecular weight is 1080 g/mol. The highest BCUT2D eigenvalue weighted by atomic mass is 16.5. The molecule has 0 aromatic carbocycles. The van der Waals surface area contributed by atoms with Crippen LogP contribution in [0.1, 0.15) is 393 Å². The molecule has 0 aliphatic rings. The molecule has 0 saturated carbocycles. The molecule has 0 heterocycles. The summed E-state index contributed by atoms with van der Waals surface area (Å²) in [6.07, 6.45) is 83.9. The lowest BCUT2D eigenvalue weighted by Gasteiger charge is -2.20. The van der Waals surface area contributed by atoms with Gasteiger partial charge >= 0.3 is 5.97 Å². The minimum absolute atomic E-state index is 0.00427. The molecule has 0 aromatic heterocycles. The van der Waals surface area contributed by atoms with Crippen molar-refractivity contribution in [1.29, 1.82) is 0 Å². The predicted molar refractivity (Wildman–Crippen MR) is 338 cm³/mol. The summed E-state index contributed by atoms with van der Waals surface area (Å²) in [6.45, 7) is 4.92. The molecule has 6 nitrogen and oxygen atoms in total. The van der Waals surface area contributed by atoms with Crippen LogP contribution in [-0.4, -0.2) is 47.4 Å². The number of aliphatic hydroxyl groups is 2. The molecule has 0 bridgehead atoms. The molecule has 0 saturated heterocycles. The normalized spacial score (nSPS) is 12.6. The fourth-order valence-corrected chi connectivity index (χ4v) is 11.1. The third-order valence-electron chi connectivity index (χ3n) is 16.5. The van der Waals surface area contributed by atoms with Crippen LogP contribution in [0.5, 0.6) is 0 Å². The first-order valence-electron chi connectivity index (χ1n) is 35.1. The number of carbonyl (C=O) groups excluding carboxylic acids is 2. The van der Waals surface area contributed by atoms with Gasteiger partial charge in [-0.05, 0) is 57.8 Å². The van der Waals surface area contributed by atoms with Crippen molar-refractivity contribution in [3.63, 3.8) is 0 Å². The lowest BCUT2D eigenvalue weighted by Crippen LogP contribution is -2.45. The van der Waals surface area contributed by atoms with Gasteiger partial charge in [-0.2, -0.15) is 0 Å². The van der Waals surface area contributed by atoms with Crippen LogP contribution in [0.25, 0.3) is 0 Å². The van der Waals surface area contributed by atoms with Crippen molar-refractivity contribution in [2.45, 2.75) is 405 Å². The standard InChI is InChI=1S/C71H137NO5/c1-3-5-7-9-11-13-15-17-18-19-20-21-22-23-24-27-30-33-36-40-43-47-51-55-59-63-69(74)68(67-73)72-70(75)64-60-56-52-48-44-41-37-34-31-28-25-26-29-32-35-38-42-46-50-54-58-62-66-77-71(76)65-61-57-53-49-45-39-16-14-12-10-8-6-4-2/h14,16,59,63,68-69,73-74H,3-13,15,17-58,60-62,64-67H2,1-2H3,(H,72,75)/b16-14-,63-59+. The predicted octanol–water partition coefficient (Wildman–Crippen LogP) is 22.5. The van der Waals surface area contributed by atoms with Crippen LogP contribution in [0, 0.1) is 0 Å². The van der Waals surface area contributed by atoms with E-state index in [-0.39, 0.29) is 18.5 Å². The van der Waals surface area contributed by atoms with Crippen LogP contribution >= 0.6 is 0 Å². The van der Waals surface area contributed by atoms with Crippen molar-refractivity contribution in [3.8, 4) is 0 Å². The number of amides is 1. The van der Waals surface area contributed by atoms with Crippen molar-refractivity contribution >= 4 is 11.9 Å². The van der Waals surface area contributed by atoms with Gasteiger partial charge in [-0.15, -0.1) is 0 Å². The first-order valence-corrected chi connectivity index (χ1v) is 35.1. The Morgan fingerprint density at radius 1 is 0.351 bits per heavy atom. The van der Waals surface area contributed by atoms with Gasteiger partial charge < -0.3 is 20.3 Å². The highest BCUT2D eigenvalue weighted by Crippen LogP contribution is 2.19. The Balaban J connectivity index is 3.41. The van der Waals surface area contributed by atoms with E-state index >= 15 is 0 Å². The van der Waals surface area contributed by atoms with Crippen LogP contribution in [0.4, 0.5) is 0 Å². The lowest BCUT2D eigenvalue weighted by molar-refractivity contribution is -0.143. The first kappa shape index (κ1) is 75.3. The molecule has 0 fully saturated rings. The van der Waals surface area contributed by atoms with Gasteiger partial charge in [0, 0.05) is 12.8 Å². The second-order valence-electron chi connectivity index (χ2n) is 24.2. The fraction of sp³-hybridized carbons (Fsp3) is 0.915. The molecule has 1 amide bonds. The summed E-state index contributed by atoms with van der Waals surface area (Å²) < 4.78 is 5.48. The zero-order valence-electron chi connectivity index (χ0n) is 52.2. The molecule has 0 aliphatic heterocycles. The van der Waals surface area contributed by atoms with E-state index in [9.17, 15) is 19.8 Å². The lowest BCUT2D eigenvalue weighted by atomic mass is 10.0. The van der Waals surface area contributed by atoms with Crippen molar-refractivity contribution in [2.75, 3.05) is 13.2 Å². The largest absolute Gasteiger partial charge is 0.466 e. The third kappa shape index (κ3) is 63.4. The second kappa shape index (κ2) is 66.8. The summed E-state index contributed by atoms with van der Waals surface area (Å²) >= 11 is 0. The van der Waals surface area contributed by atoms with Crippen LogP contribution in [0.15, 0.2) is 24.3 Å². The summed E-state index contributed by atoms with van der Waals surface area (Å²) in [5.74, 6) is -0.0594. The number of rotatable bonds is 66. The average Bonchev–Trinajstić information content (AvgIpc) is 3.43. The monoisotopic (exact) mass is 1080 g/mol. The molecule has 0 rings (SSSR count). The SMILES string of the molecule is CCCCCC/C=C\CCCCCCCC(=O)OCCCCCCCCCCCCCCCCCCCCCCCCC(=O)NC(CO)C(O)/C=C/CCCCCCCCCCCCCCCCCCCCCCCCC. The number of carbonyl (C=O) groups is 2. The van der Waals surface area contributed by atoms with E-state index in [0.717, 1.165) is 44.9 Å². The summed E-state index contributed by atoms with van der Waals surface area (Å²) in [4.78, 5) is 24.6. The number of allylic oxidation sites excluding steroid dienone is 3. The van der Waals surface area contributed by atoms with E-state index in [1.165, 1.54) is 321 Å². The first-order chi connectivity index (χ1) is 38.0. The molecule has 6 heteroatoms. The minimum Gasteiger partial charge on any atom is -0.466 e. The Labute approximate surface area is 481 Å². The van der Waals surface area contributed by atoms with E-state index in [2.05, 4.69) is 31.3 Å². The maximum atomic E-state index is 12.5. The Kier molecular flexibility index (Phi) is 65.4. The molecule has 456 valence electrons. The summed E-state index contributed by atoms with van der Waals surface area (Å²) in [5.41, 5.74) is 0. The molecule has 3 N–H and O–H groups in total. The molecule has 0 spiro atoms. The molecular weight excluding hydrogens is 947 g/mol. The van der Waals surface area contributed by atoms with Crippen molar-refractivity contribution in [3.05, 3.63) is 24.3 Å². The van der Waals surface area contributed by atoms with Crippen LogP contribution in [0.3, 0.4) is 0 Å². The van der Waals surface area contributed by atoms with Gasteiger partial charge in [0.25, 0.3) is 0 Å². The molecule has 77 heavy (non-hydrogen) atoms. The third-order valence-corrected chi connectivity index (χ3v) is 16.5. The quantitative estimate of drug-likeness (QED) is 0.0320. The smallest absolute Gasteiger partial charge is 0.305 e. The minimum atomic E-state index is -0.846. The van der Waals surface area contributed by atoms with Crippen molar-refractivity contribution in [1.82, 2.24) is 5.32 Å². The molecule has 2 atom stereocenters. The van der Waals surface area contributed by atoms with Crippen LogP contribution in [0.2, 0.25) is 0 Å². The van der Waals surface area contributed by atoms with Crippen molar-refractivity contribution in [2.24, 2.45) is 0 Å². The zero-order valence-corrected chi connectivity index (χ0v) is 52.2. The van der Waals surface area contributed by atoms with Gasteiger partial charge in [0.2, 0.25) is 5.91 Å². The van der Waals surface area contributed by atoms with E-state index in [4.69, 9.17) is 4.74 Å². The number of nitrogens with one attached hydrogen (secondary N) is 1. The highest BCUT2D eigenvalue weighted by Gasteiger charge is 2.18. The van der Waals surface area contributed by atoms with Gasteiger partial charge in [0.1, 0.15) is 0 Å². The molecular formula is C71H137NO5. The number of hydrogen-bond donors (Lipinski definition) is 3. The zero-order chi connectivity index (χ0) is 55.7. The van der Waals surface area contributed by atoms with Crippen LogP contribution in [-0.2, 0) is 14.3 Å². The summed E-state index contributed by atoms with van der Waals surface area (Å²) in [7, 11) is 0. The summed E-state index contributed by atoms with van der Waals surface area (Å²) in [6, 6.07) is -0.629. The van der Waals surface area contributed by atoms with E-state index < -0.39 is 12.1 Å². The van der Waals surface area contributed by atoms with Gasteiger partial charge in [-0.3, -0.25) is 9.59 Å². The Morgan fingerprint density at radius 2 is 0.610 bits per heavy atom. The number of esters is 1. The maximum absolute atomic E-state index is 12.5. The number of aliphatic hydroxyl groups excluding tert-OH is 2. The van der Waals surface area contributed by atoms with Crippen LogP contribution < -0.4 is 5.32 Å². The summed E-state index contributed by atoms with van der Waals surface area (Å²) in [5, 5.41) is 23.3.